The van der Waals surface area contributed by atoms with E-state index in [1.165, 1.54) is 51.5 Å². The largest absolute Gasteiger partial charge is 0.870 e. The number of nitrogens with zero attached hydrogens (tertiary/aromatic N) is 17. The third-order valence-corrected chi connectivity index (χ3v) is 17.9. The van der Waals surface area contributed by atoms with Crippen molar-refractivity contribution in [2.45, 2.75) is 26.4 Å². The topological polar surface area (TPSA) is 373 Å². The molecule has 0 aliphatic carbocycles. The van der Waals surface area contributed by atoms with Gasteiger partial charge in [-0.3, -0.25) is 9.11 Å². The number of thiol groups is 2. The number of anilines is 7. The number of nitrogens with one attached hydrogen (secondary N) is 1. The average molecular weight is 1580 g/mol. The molecule has 12 rings (SSSR count). The minimum atomic E-state index is -1.06. The van der Waals surface area contributed by atoms with Crippen LogP contribution in [0.25, 0.3) is 34.7 Å². The van der Waals surface area contributed by atoms with Crippen molar-refractivity contribution in [1.29, 1.82) is 0 Å². The maximum absolute atomic E-state index is 14.6. The molecule has 3 aliphatic rings. The smallest absolute Gasteiger partial charge is 0.410 e. The molecule has 586 valence electrons. The van der Waals surface area contributed by atoms with E-state index in [0.717, 1.165) is 80.5 Å². The Hall–Kier alpha value is -9.32. The Kier molecular flexibility index (Phi) is 33.3. The third kappa shape index (κ3) is 24.1. The van der Waals surface area contributed by atoms with Crippen LogP contribution in [-0.2, 0) is 43.9 Å². The number of hydrogen-bond donors (Lipinski definition) is 3. The fourth-order valence-electron chi connectivity index (χ4n) is 10.5. The molecule has 0 spiro atoms. The van der Waals surface area contributed by atoms with Gasteiger partial charge in [0.05, 0.1) is 61.0 Å². The van der Waals surface area contributed by atoms with Gasteiger partial charge in [0.1, 0.15) is 54.1 Å². The van der Waals surface area contributed by atoms with Crippen LogP contribution in [-0.4, -0.2) is 260 Å². The first-order chi connectivity index (χ1) is 49.9. The minimum absolute atomic E-state index is 0. The predicted molar refractivity (Wildman–Crippen MR) is 402 cm³/mol. The number of nitrogen functional groups attached to an aromatic ring is 2. The standard InChI is InChI=1S/C24H29F2N9O3S.C18H26F2N2O3S.C13H18F2N2OS.C11H11N7O2.ClH.2H2O/c1-32(23-29-22(27)35-24(30-23)28-21(31-35)19-4-3-11-37-19)5-6-33-7-9-34(10-8-33)18-15-20(17(26)14-16(18)25)38-12-13-39(2)36;1-18(2,3)25-17(23)22-7-5-21(6-8-22)15-12-16(24-9-10-26-4)14(20)11-13(15)19;1-19-7-6-18-13-9-12(10(14)8-11(13)15)17-4-2-16-3-5-17;1-17(4-5-19)10-14-9(12)18-11(15-10)13-8(16-18)7-3-2-6-20-7;;;/h3-4,11,14-15H,5-10,12-13H2,1-2H3,(H2,27,28,29,30,31);11-12H,5-10H2,1-4H3;8-9,16H,2-7H2,1H3;2-3,5-6H,4H2,1H3,(H2,12,13,14,15,16);1H;2*1H2/t39-;;;;;;/m1....../s1. The molecule has 41 heteroatoms. The fraction of sp³-hybridized carbons (Fsp3) is 0.455. The Labute approximate surface area is 630 Å². The number of halogens is 7. The zero-order valence-electron chi connectivity index (χ0n) is 60.2. The van der Waals surface area contributed by atoms with E-state index < -0.39 is 51.3 Å². The van der Waals surface area contributed by atoms with Crippen molar-refractivity contribution < 1.29 is 78.9 Å². The van der Waals surface area contributed by atoms with Gasteiger partial charge >= 0.3 is 6.09 Å². The molecule has 9 heterocycles. The van der Waals surface area contributed by atoms with Crippen LogP contribution in [0.3, 0.4) is 0 Å². The lowest BCUT2D eigenvalue weighted by Gasteiger charge is -2.37. The second-order valence-electron chi connectivity index (χ2n) is 24.6. The molecule has 7 N–H and O–H groups in total. The number of aromatic nitrogens is 10. The fourth-order valence-corrected chi connectivity index (χ4v) is 11.4. The Morgan fingerprint density at radius 1 is 0.617 bits per heavy atom. The summed E-state index contributed by atoms with van der Waals surface area (Å²) in [5.41, 5.74) is 12.4. The van der Waals surface area contributed by atoms with Gasteiger partial charge in [0, 0.05) is 159 Å². The highest BCUT2D eigenvalue weighted by Gasteiger charge is 2.29. The summed E-state index contributed by atoms with van der Waals surface area (Å²) in [6.07, 6.45) is 8.98. The summed E-state index contributed by atoms with van der Waals surface area (Å²) < 4.78 is 130. The summed E-state index contributed by atoms with van der Waals surface area (Å²) in [6.45, 7) is 15.1. The molecule has 3 aliphatic heterocycles. The first-order valence-corrected chi connectivity index (χ1v) is 37.9. The van der Waals surface area contributed by atoms with E-state index in [-0.39, 0.29) is 83.3 Å². The molecule has 0 bridgehead atoms. The quantitative estimate of drug-likeness (QED) is 0.0213. The maximum atomic E-state index is 14.6. The van der Waals surface area contributed by atoms with Crippen LogP contribution >= 0.6 is 12.4 Å². The van der Waals surface area contributed by atoms with Crippen molar-refractivity contribution in [3.8, 4) is 40.4 Å². The predicted octanol–water partition coefficient (Wildman–Crippen LogP) is 5.76. The number of likely N-dealkylation sites (N-methyl/N-ethyl adjacent to an activating group) is 2. The number of rotatable bonds is 24. The summed E-state index contributed by atoms with van der Waals surface area (Å²) in [5, 5.41) is 11.7. The Morgan fingerprint density at radius 3 is 1.44 bits per heavy atom. The number of carbonyl (C=O) groups is 2. The summed E-state index contributed by atoms with van der Waals surface area (Å²) in [5.74, 6) is 1.51. The Balaban J connectivity index is 0.000000231. The Morgan fingerprint density at radius 2 is 1.04 bits per heavy atom. The normalized spacial score (nSPS) is 14.0. The number of aldehydes is 1. The van der Waals surface area contributed by atoms with Crippen LogP contribution in [0.2, 0.25) is 0 Å². The summed E-state index contributed by atoms with van der Waals surface area (Å²) in [7, 11) is 2.49. The van der Waals surface area contributed by atoms with Crippen molar-refractivity contribution in [1.82, 2.24) is 64.2 Å². The van der Waals surface area contributed by atoms with Crippen molar-refractivity contribution in [2.24, 2.45) is 0 Å². The first-order valence-electron chi connectivity index (χ1n) is 33.1. The van der Waals surface area contributed by atoms with E-state index in [2.05, 4.69) is 50.3 Å². The lowest BCUT2D eigenvalue weighted by atomic mass is 10.2. The van der Waals surface area contributed by atoms with Crippen molar-refractivity contribution in [2.75, 3.05) is 204 Å². The molecule has 107 heavy (non-hydrogen) atoms. The molecule has 31 nitrogen and oxygen atoms in total. The zero-order chi connectivity index (χ0) is 74.6. The second-order valence-corrected chi connectivity index (χ2v) is 28.3. The number of fused-ring (bicyclic) bond motifs is 2. The van der Waals surface area contributed by atoms with Crippen molar-refractivity contribution in [3.05, 3.63) is 108 Å². The highest BCUT2D eigenvalue weighted by molar-refractivity contribution is 7.84. The molecule has 9 aromatic rings. The zero-order valence-corrected chi connectivity index (χ0v) is 63.6. The Bertz CT molecular complexity index is 4310. The number of piperazine rings is 3. The van der Waals surface area contributed by atoms with Crippen molar-refractivity contribution >= 4 is 112 Å². The van der Waals surface area contributed by atoms with Gasteiger partial charge in [-0.25, -0.2) is 31.1 Å². The van der Waals surface area contributed by atoms with Crippen LogP contribution in [0.5, 0.6) is 17.2 Å². The number of carbonyl (C=O) groups excluding carboxylic acids is 2. The number of hydrogen-bond acceptors (Lipinski definition) is 28. The average Bonchev–Trinajstić information content (AvgIpc) is 1.70. The second kappa shape index (κ2) is 41.1. The number of nitrogens with two attached hydrogens (primary N) is 2. The first kappa shape index (κ1) is 86.6. The minimum Gasteiger partial charge on any atom is -0.870 e. The van der Waals surface area contributed by atoms with Gasteiger partial charge in [0.2, 0.25) is 35.4 Å². The molecule has 3 fully saturated rings. The lowest BCUT2D eigenvalue weighted by Crippen LogP contribution is -2.50. The molecule has 0 radical (unpaired) electrons. The SMILES string of the molecule is CN(CC=O)c1nc(N)n2nc(-c3ccco3)nc2n1.CN(CCN1CCN(c2cc(OCC[S@@](C)=O)c(F)cc2F)CC1)c1nc(N)n2nc(-c3ccco3)nc2n1.C[SH+]CCOc1cc(N2CCN(C(=O)OC(C)(C)C)CC2)c(F)cc1F.C[SH+]CCOc1cc(N2CCNCC2)c(F)cc1F.Cl.[OH-].[OH-]. The number of amides is 1. The molecule has 3 aromatic carbocycles. The molecule has 3 saturated heterocycles. The van der Waals surface area contributed by atoms with E-state index in [1.807, 2.05) is 55.0 Å². The van der Waals surface area contributed by atoms with Gasteiger partial charge in [0.25, 0.3) is 11.6 Å². The molecule has 6 aromatic heterocycles. The van der Waals surface area contributed by atoms with Crippen LogP contribution in [0, 0.1) is 34.9 Å². The van der Waals surface area contributed by atoms with Gasteiger partial charge < -0.3 is 89.7 Å². The molecular formula is C66H89ClF6N20O11S3. The molecule has 1 atom stereocenters. The van der Waals surface area contributed by atoms with Gasteiger partial charge in [-0.2, -0.15) is 38.9 Å². The van der Waals surface area contributed by atoms with Crippen LogP contribution in [0.4, 0.5) is 72.0 Å². The number of benzene rings is 3. The van der Waals surface area contributed by atoms with E-state index in [9.17, 15) is 40.1 Å². The number of furan rings is 2. The van der Waals surface area contributed by atoms with E-state index in [4.69, 9.17) is 39.2 Å². The van der Waals surface area contributed by atoms with Crippen LogP contribution < -0.4 is 55.5 Å². The van der Waals surface area contributed by atoms with Crippen LogP contribution in [0.1, 0.15) is 20.8 Å². The van der Waals surface area contributed by atoms with Gasteiger partial charge in [0.15, 0.2) is 46.2 Å². The summed E-state index contributed by atoms with van der Waals surface area (Å²) in [6, 6.07) is 13.8. The van der Waals surface area contributed by atoms with Gasteiger partial charge in [-0.15, -0.1) is 22.6 Å². The van der Waals surface area contributed by atoms with Crippen LogP contribution in [0.15, 0.2) is 82.0 Å². The highest BCUT2D eigenvalue weighted by Crippen LogP contribution is 2.33. The third-order valence-electron chi connectivity index (χ3n) is 15.9. The van der Waals surface area contributed by atoms with Crippen molar-refractivity contribution in [3.63, 3.8) is 0 Å². The number of ether oxygens (including phenoxy) is 4. The summed E-state index contributed by atoms with van der Waals surface area (Å²) >= 11 is 2.34. The van der Waals surface area contributed by atoms with E-state index in [1.54, 1.807) is 52.3 Å². The van der Waals surface area contributed by atoms with E-state index in [0.29, 0.717) is 130 Å². The summed E-state index contributed by atoms with van der Waals surface area (Å²) in [4.78, 5) is 61.3. The maximum Gasteiger partial charge on any atom is 0.410 e. The highest BCUT2D eigenvalue weighted by atomic mass is 35.5. The molecule has 0 saturated carbocycles. The van der Waals surface area contributed by atoms with Gasteiger partial charge in [-0.05, 0) is 68.6 Å². The lowest BCUT2D eigenvalue weighted by molar-refractivity contribution is -0.106. The molecule has 1 amide bonds. The molecular weight excluding hydrogens is 1490 g/mol. The van der Waals surface area contributed by atoms with Gasteiger partial charge in [-0.1, -0.05) is 0 Å². The monoisotopic (exact) mass is 1580 g/mol. The molecule has 0 unspecified atom stereocenters. The van der Waals surface area contributed by atoms with E-state index >= 15 is 0 Å².